The number of hydrogen-bond acceptors (Lipinski definition) is 2. The van der Waals surface area contributed by atoms with Crippen molar-refractivity contribution in [1.82, 2.24) is 5.06 Å². The number of nitrogens with zero attached hydrogens (tertiary/aromatic N) is 1. The van der Waals surface area contributed by atoms with Crippen molar-refractivity contribution >= 4 is 0 Å². The zero-order chi connectivity index (χ0) is 7.72. The first-order valence-electron chi connectivity index (χ1n) is 3.76. The third-order valence-electron chi connectivity index (χ3n) is 2.47. The topological polar surface area (TPSA) is 23.5 Å². The molecule has 1 aliphatic rings. The Kier molecular flexibility index (Phi) is 2.00. The van der Waals surface area contributed by atoms with E-state index in [0.717, 1.165) is 18.7 Å². The molecule has 0 spiro atoms. The molecule has 0 aromatic rings. The summed E-state index contributed by atoms with van der Waals surface area (Å²) in [5.41, 5.74) is 2.34. The van der Waals surface area contributed by atoms with E-state index in [9.17, 15) is 5.21 Å². The average Bonchev–Trinajstić information content (AvgIpc) is 1.93. The normalized spacial score (nSPS) is 27.6. The van der Waals surface area contributed by atoms with Crippen molar-refractivity contribution in [3.8, 4) is 0 Å². The average molecular weight is 141 g/mol. The summed E-state index contributed by atoms with van der Waals surface area (Å²) >= 11 is 0. The van der Waals surface area contributed by atoms with Gasteiger partial charge in [-0.2, -0.15) is 0 Å². The lowest BCUT2D eigenvalue weighted by molar-refractivity contribution is -0.0657. The van der Waals surface area contributed by atoms with Crippen LogP contribution < -0.4 is 0 Å². The third kappa shape index (κ3) is 1.16. The van der Waals surface area contributed by atoms with Crippen molar-refractivity contribution in [3.05, 3.63) is 11.3 Å². The molecule has 0 amide bonds. The second-order valence-corrected chi connectivity index (χ2v) is 3.08. The van der Waals surface area contributed by atoms with Gasteiger partial charge in [-0.05, 0) is 31.8 Å². The molecule has 0 saturated heterocycles. The summed E-state index contributed by atoms with van der Waals surface area (Å²) in [5, 5.41) is 10.6. The molecule has 2 heteroatoms. The van der Waals surface area contributed by atoms with Crippen molar-refractivity contribution in [3.63, 3.8) is 0 Å². The highest BCUT2D eigenvalue weighted by atomic mass is 16.5. The molecule has 0 fully saturated rings. The van der Waals surface area contributed by atoms with E-state index in [-0.39, 0.29) is 0 Å². The van der Waals surface area contributed by atoms with Crippen LogP contribution in [0.15, 0.2) is 11.3 Å². The van der Waals surface area contributed by atoms with Crippen LogP contribution in [-0.2, 0) is 0 Å². The van der Waals surface area contributed by atoms with Crippen LogP contribution in [0.5, 0.6) is 0 Å². The predicted molar refractivity (Wildman–Crippen MR) is 40.6 cm³/mol. The SMILES string of the molecule is CC1=C(C)N(O)CCC1C. The Bertz CT molecular complexity index is 145. The van der Waals surface area contributed by atoms with Crippen LogP contribution in [0.3, 0.4) is 0 Å². The summed E-state index contributed by atoms with van der Waals surface area (Å²) in [6, 6.07) is 0. The first kappa shape index (κ1) is 7.61. The van der Waals surface area contributed by atoms with E-state index >= 15 is 0 Å². The van der Waals surface area contributed by atoms with Crippen molar-refractivity contribution in [2.75, 3.05) is 6.54 Å². The van der Waals surface area contributed by atoms with E-state index in [0.29, 0.717) is 5.92 Å². The lowest BCUT2D eigenvalue weighted by atomic mass is 9.94. The molecule has 1 unspecified atom stereocenters. The second-order valence-electron chi connectivity index (χ2n) is 3.08. The molecule has 0 aromatic heterocycles. The Morgan fingerprint density at radius 3 is 2.60 bits per heavy atom. The van der Waals surface area contributed by atoms with Crippen molar-refractivity contribution < 1.29 is 5.21 Å². The molecule has 10 heavy (non-hydrogen) atoms. The minimum Gasteiger partial charge on any atom is -0.289 e. The largest absolute Gasteiger partial charge is 0.289 e. The van der Waals surface area contributed by atoms with Crippen LogP contribution in [0.2, 0.25) is 0 Å². The Labute approximate surface area is 62.1 Å². The summed E-state index contributed by atoms with van der Waals surface area (Å²) in [5.74, 6) is 0.642. The lowest BCUT2D eigenvalue weighted by Gasteiger charge is -2.29. The van der Waals surface area contributed by atoms with E-state index in [1.807, 2.05) is 6.92 Å². The van der Waals surface area contributed by atoms with Gasteiger partial charge in [0.25, 0.3) is 0 Å². The molecular formula is C8H15NO. The first-order valence-corrected chi connectivity index (χ1v) is 3.76. The summed E-state index contributed by atoms with van der Waals surface area (Å²) in [7, 11) is 0. The van der Waals surface area contributed by atoms with Gasteiger partial charge >= 0.3 is 0 Å². The van der Waals surface area contributed by atoms with Crippen LogP contribution >= 0.6 is 0 Å². The van der Waals surface area contributed by atoms with Gasteiger partial charge in [-0.3, -0.25) is 10.3 Å². The van der Waals surface area contributed by atoms with Gasteiger partial charge in [0.05, 0.1) is 0 Å². The molecule has 1 aliphatic heterocycles. The summed E-state index contributed by atoms with van der Waals surface area (Å²) in [6.45, 7) is 7.03. The van der Waals surface area contributed by atoms with Gasteiger partial charge in [0, 0.05) is 12.2 Å². The number of allylic oxidation sites excluding steroid dienone is 2. The van der Waals surface area contributed by atoms with Gasteiger partial charge in [0.1, 0.15) is 0 Å². The van der Waals surface area contributed by atoms with Gasteiger partial charge in [0.2, 0.25) is 0 Å². The van der Waals surface area contributed by atoms with Crippen LogP contribution in [0.4, 0.5) is 0 Å². The predicted octanol–water partition coefficient (Wildman–Crippen LogP) is 2.01. The van der Waals surface area contributed by atoms with Crippen molar-refractivity contribution in [2.24, 2.45) is 5.92 Å². The highest BCUT2D eigenvalue weighted by Crippen LogP contribution is 2.24. The molecule has 1 atom stereocenters. The molecule has 1 N–H and O–H groups in total. The minimum atomic E-state index is 0.642. The number of hydrogen-bond donors (Lipinski definition) is 1. The fraction of sp³-hybridized carbons (Fsp3) is 0.750. The number of hydroxylamine groups is 2. The fourth-order valence-corrected chi connectivity index (χ4v) is 1.26. The molecule has 0 radical (unpaired) electrons. The fourth-order valence-electron chi connectivity index (χ4n) is 1.26. The quantitative estimate of drug-likeness (QED) is 0.557. The maximum absolute atomic E-state index is 9.24. The molecule has 0 aromatic carbocycles. The minimum absolute atomic E-state index is 0.642. The molecule has 0 aliphatic carbocycles. The first-order chi connectivity index (χ1) is 4.63. The Morgan fingerprint density at radius 2 is 2.10 bits per heavy atom. The molecular weight excluding hydrogens is 126 g/mol. The van der Waals surface area contributed by atoms with E-state index in [2.05, 4.69) is 13.8 Å². The van der Waals surface area contributed by atoms with Crippen LogP contribution in [0.25, 0.3) is 0 Å². The van der Waals surface area contributed by atoms with E-state index in [4.69, 9.17) is 0 Å². The molecule has 0 bridgehead atoms. The zero-order valence-electron chi connectivity index (χ0n) is 6.89. The number of rotatable bonds is 0. The second kappa shape index (κ2) is 2.62. The molecule has 0 saturated carbocycles. The third-order valence-corrected chi connectivity index (χ3v) is 2.47. The maximum Gasteiger partial charge on any atom is 0.0455 e. The Morgan fingerprint density at radius 1 is 1.50 bits per heavy atom. The highest BCUT2D eigenvalue weighted by molar-refractivity contribution is 5.12. The van der Waals surface area contributed by atoms with E-state index in [1.54, 1.807) is 0 Å². The Balaban J connectivity index is 2.81. The standard InChI is InChI=1S/C8H15NO/c1-6-4-5-9(10)8(3)7(6)2/h6,10H,4-5H2,1-3H3. The molecule has 58 valence electrons. The molecule has 1 rings (SSSR count). The van der Waals surface area contributed by atoms with Crippen molar-refractivity contribution in [2.45, 2.75) is 27.2 Å². The van der Waals surface area contributed by atoms with Crippen LogP contribution in [-0.4, -0.2) is 16.8 Å². The van der Waals surface area contributed by atoms with Crippen molar-refractivity contribution in [1.29, 1.82) is 0 Å². The van der Waals surface area contributed by atoms with E-state index < -0.39 is 0 Å². The maximum atomic E-state index is 9.24. The smallest absolute Gasteiger partial charge is 0.0455 e. The van der Waals surface area contributed by atoms with E-state index in [1.165, 1.54) is 10.6 Å². The van der Waals surface area contributed by atoms with Crippen LogP contribution in [0.1, 0.15) is 27.2 Å². The summed E-state index contributed by atoms with van der Waals surface area (Å²) in [6.07, 6.45) is 1.07. The Hall–Kier alpha value is -0.500. The summed E-state index contributed by atoms with van der Waals surface area (Å²) < 4.78 is 0. The van der Waals surface area contributed by atoms with Crippen LogP contribution in [0, 0.1) is 5.92 Å². The molecule has 1 heterocycles. The van der Waals surface area contributed by atoms with Gasteiger partial charge in [0.15, 0.2) is 0 Å². The zero-order valence-corrected chi connectivity index (χ0v) is 6.89. The van der Waals surface area contributed by atoms with Gasteiger partial charge in [-0.1, -0.05) is 6.92 Å². The highest BCUT2D eigenvalue weighted by Gasteiger charge is 2.17. The van der Waals surface area contributed by atoms with Gasteiger partial charge < -0.3 is 0 Å². The molecule has 2 nitrogen and oxygen atoms in total. The monoisotopic (exact) mass is 141 g/mol. The summed E-state index contributed by atoms with van der Waals surface area (Å²) in [4.78, 5) is 0. The van der Waals surface area contributed by atoms with Gasteiger partial charge in [-0.15, -0.1) is 0 Å². The lowest BCUT2D eigenvalue weighted by Crippen LogP contribution is -2.27. The van der Waals surface area contributed by atoms with Gasteiger partial charge in [-0.25, -0.2) is 0 Å².